The summed E-state index contributed by atoms with van der Waals surface area (Å²) >= 11 is 0. The average molecular weight is 529 g/mol. The molecule has 2 aliphatic heterocycles. The van der Waals surface area contributed by atoms with Gasteiger partial charge in [0.1, 0.15) is 12.2 Å². The number of benzene rings is 2. The van der Waals surface area contributed by atoms with Gasteiger partial charge in [0.25, 0.3) is 5.91 Å². The zero-order chi connectivity index (χ0) is 27.2. The number of alkyl halides is 3. The summed E-state index contributed by atoms with van der Waals surface area (Å²) in [5, 5.41) is 20.2. The van der Waals surface area contributed by atoms with Crippen molar-refractivity contribution in [3.63, 3.8) is 0 Å². The van der Waals surface area contributed by atoms with Gasteiger partial charge in [-0.25, -0.2) is 4.79 Å². The lowest BCUT2D eigenvalue weighted by molar-refractivity contribution is -0.138. The molecule has 12 heteroatoms. The number of rotatable bonds is 6. The molecule has 2 amide bonds. The zero-order valence-corrected chi connectivity index (χ0v) is 20.9. The lowest BCUT2D eigenvalue weighted by Gasteiger charge is -2.19. The number of likely N-dealkylation sites (tertiary alicyclic amines) is 1. The molecule has 0 radical (unpaired) electrons. The highest BCUT2D eigenvalue weighted by molar-refractivity contribution is 6.11. The number of amides is 2. The van der Waals surface area contributed by atoms with E-state index in [9.17, 15) is 22.8 Å². The van der Waals surface area contributed by atoms with Gasteiger partial charge in [0.15, 0.2) is 0 Å². The van der Waals surface area contributed by atoms with Crippen LogP contribution in [0.3, 0.4) is 0 Å². The molecule has 2 N–H and O–H groups in total. The van der Waals surface area contributed by atoms with Gasteiger partial charge in [-0.1, -0.05) is 19.1 Å². The molecule has 38 heavy (non-hydrogen) atoms. The van der Waals surface area contributed by atoms with Gasteiger partial charge in [0.2, 0.25) is 0 Å². The molecule has 1 saturated heterocycles. The second kappa shape index (κ2) is 9.66. The number of hydrogen-bond acceptors (Lipinski definition) is 5. The summed E-state index contributed by atoms with van der Waals surface area (Å²) in [6, 6.07) is 9.37. The molecule has 3 aromatic rings. The van der Waals surface area contributed by atoms with Crippen molar-refractivity contribution >= 4 is 23.4 Å². The number of halogens is 3. The highest BCUT2D eigenvalue weighted by Gasteiger charge is 2.41. The number of nitrogens with one attached hydrogen (secondary N) is 1. The van der Waals surface area contributed by atoms with Crippen LogP contribution in [-0.4, -0.2) is 55.9 Å². The van der Waals surface area contributed by atoms with Crippen LogP contribution in [0.5, 0.6) is 0 Å². The van der Waals surface area contributed by atoms with Gasteiger partial charge >= 0.3 is 12.3 Å². The standard InChI is InChI=1S/C26H27F3N6O3/c1-15(8-23-32-30-14-33(23)2)16-4-3-5-19(9-16)35-13-21-20(24(35)36)10-18(11-22(21)26(27,28)29)31-17-6-7-34(12-17)25(37)38/h3-5,9-11,14-15,17,31H,6-8,12-13H2,1-2H3,(H,37,38)/t15-,17+/m1/s1. The van der Waals surface area contributed by atoms with Gasteiger partial charge < -0.3 is 24.8 Å². The Morgan fingerprint density at radius 1 is 1.26 bits per heavy atom. The zero-order valence-electron chi connectivity index (χ0n) is 20.9. The minimum Gasteiger partial charge on any atom is -0.465 e. The topological polar surface area (TPSA) is 104 Å². The Labute approximate surface area is 216 Å². The van der Waals surface area contributed by atoms with Gasteiger partial charge in [-0.15, -0.1) is 10.2 Å². The van der Waals surface area contributed by atoms with E-state index < -0.39 is 23.7 Å². The number of fused-ring (bicyclic) bond motifs is 1. The Morgan fingerprint density at radius 2 is 2.05 bits per heavy atom. The molecule has 2 aliphatic rings. The summed E-state index contributed by atoms with van der Waals surface area (Å²) in [5.74, 6) is 0.332. The monoisotopic (exact) mass is 528 g/mol. The van der Waals surface area contributed by atoms with Crippen LogP contribution in [0.2, 0.25) is 0 Å². The van der Waals surface area contributed by atoms with Crippen molar-refractivity contribution in [2.75, 3.05) is 23.3 Å². The fraction of sp³-hybridized carbons (Fsp3) is 0.385. The third-order valence-electron chi connectivity index (χ3n) is 7.22. The predicted molar refractivity (Wildman–Crippen MR) is 133 cm³/mol. The molecule has 0 unspecified atom stereocenters. The molecular weight excluding hydrogens is 501 g/mol. The Morgan fingerprint density at radius 3 is 2.71 bits per heavy atom. The first-order chi connectivity index (χ1) is 18.0. The minimum absolute atomic E-state index is 0.00653. The second-order valence-corrected chi connectivity index (χ2v) is 9.86. The van der Waals surface area contributed by atoms with Crippen molar-refractivity contribution < 1.29 is 27.9 Å². The fourth-order valence-electron chi connectivity index (χ4n) is 5.12. The van der Waals surface area contributed by atoms with E-state index in [-0.39, 0.29) is 41.9 Å². The van der Waals surface area contributed by atoms with Crippen molar-refractivity contribution in [2.45, 2.75) is 44.4 Å². The largest absolute Gasteiger partial charge is 0.465 e. The summed E-state index contributed by atoms with van der Waals surface area (Å²) in [6.45, 7) is 2.28. The molecule has 9 nitrogen and oxygen atoms in total. The van der Waals surface area contributed by atoms with Crippen LogP contribution in [0.25, 0.3) is 0 Å². The molecule has 1 aromatic heterocycles. The number of nitrogens with zero attached hydrogens (tertiary/aromatic N) is 5. The number of aromatic nitrogens is 3. The average Bonchev–Trinajstić information content (AvgIpc) is 3.58. The summed E-state index contributed by atoms with van der Waals surface area (Å²) in [5.41, 5.74) is 0.654. The summed E-state index contributed by atoms with van der Waals surface area (Å²) in [4.78, 5) is 27.2. The van der Waals surface area contributed by atoms with Crippen molar-refractivity contribution in [1.82, 2.24) is 19.7 Å². The Bertz CT molecular complexity index is 1390. The van der Waals surface area contributed by atoms with Crippen LogP contribution in [0, 0.1) is 0 Å². The molecule has 2 aromatic carbocycles. The van der Waals surface area contributed by atoms with E-state index in [4.69, 9.17) is 5.11 Å². The summed E-state index contributed by atoms with van der Waals surface area (Å²) < 4.78 is 44.1. The van der Waals surface area contributed by atoms with Crippen molar-refractivity contribution in [3.05, 3.63) is 70.8 Å². The molecule has 0 spiro atoms. The molecule has 3 heterocycles. The molecule has 0 saturated carbocycles. The van der Waals surface area contributed by atoms with Crippen LogP contribution in [0.15, 0.2) is 42.7 Å². The van der Waals surface area contributed by atoms with Gasteiger partial charge in [-0.05, 0) is 47.7 Å². The van der Waals surface area contributed by atoms with Gasteiger partial charge in [0.05, 0.1) is 12.1 Å². The SMILES string of the molecule is C[C@H](Cc1nncn1C)c1cccc(N2Cc3c(cc(N[C@H]4CCN(C(=O)O)C4)cc3C(F)(F)F)C2=O)c1. The summed E-state index contributed by atoms with van der Waals surface area (Å²) in [7, 11) is 1.86. The normalized spacial score (nSPS) is 18.1. The first-order valence-corrected chi connectivity index (χ1v) is 12.2. The van der Waals surface area contributed by atoms with Crippen molar-refractivity contribution in [1.29, 1.82) is 0 Å². The van der Waals surface area contributed by atoms with Crippen LogP contribution >= 0.6 is 0 Å². The Kier molecular flexibility index (Phi) is 6.49. The third kappa shape index (κ3) is 4.90. The molecule has 200 valence electrons. The van der Waals surface area contributed by atoms with Gasteiger partial charge in [-0.3, -0.25) is 4.79 Å². The van der Waals surface area contributed by atoms with E-state index in [2.05, 4.69) is 15.5 Å². The Balaban J connectivity index is 1.41. The summed E-state index contributed by atoms with van der Waals surface area (Å²) in [6.07, 6.45) is -3.04. The van der Waals surface area contributed by atoms with Crippen molar-refractivity contribution in [3.8, 4) is 0 Å². The first-order valence-electron chi connectivity index (χ1n) is 12.2. The van der Waals surface area contributed by atoms with Crippen LogP contribution in [0.4, 0.5) is 29.3 Å². The third-order valence-corrected chi connectivity index (χ3v) is 7.22. The van der Waals surface area contributed by atoms with E-state index in [1.54, 1.807) is 18.5 Å². The van der Waals surface area contributed by atoms with E-state index in [1.807, 2.05) is 30.7 Å². The maximum Gasteiger partial charge on any atom is 0.416 e. The lowest BCUT2D eigenvalue weighted by Crippen LogP contribution is -2.30. The Hall–Kier alpha value is -4.09. The number of aryl methyl sites for hydroxylation is 1. The van der Waals surface area contributed by atoms with Crippen LogP contribution in [-0.2, 0) is 26.2 Å². The van der Waals surface area contributed by atoms with E-state index >= 15 is 0 Å². The van der Waals surface area contributed by atoms with Gasteiger partial charge in [-0.2, -0.15) is 13.2 Å². The highest BCUT2D eigenvalue weighted by Crippen LogP contribution is 2.41. The van der Waals surface area contributed by atoms with E-state index in [0.717, 1.165) is 17.5 Å². The van der Waals surface area contributed by atoms with Crippen LogP contribution in [0.1, 0.15) is 52.1 Å². The lowest BCUT2D eigenvalue weighted by atomic mass is 9.97. The second-order valence-electron chi connectivity index (χ2n) is 9.86. The van der Waals surface area contributed by atoms with E-state index in [1.165, 1.54) is 15.9 Å². The molecule has 0 aliphatic carbocycles. The maximum atomic E-state index is 14.1. The minimum atomic E-state index is -4.66. The quantitative estimate of drug-likeness (QED) is 0.488. The number of carbonyl (C=O) groups excluding carboxylic acids is 1. The van der Waals surface area contributed by atoms with Crippen molar-refractivity contribution in [2.24, 2.45) is 7.05 Å². The van der Waals surface area contributed by atoms with Gasteiger partial charge in [0, 0.05) is 49.5 Å². The first kappa shape index (κ1) is 25.6. The smallest absolute Gasteiger partial charge is 0.416 e. The fourth-order valence-corrected chi connectivity index (χ4v) is 5.12. The number of carbonyl (C=O) groups is 2. The van der Waals surface area contributed by atoms with Crippen LogP contribution < -0.4 is 10.2 Å². The molecule has 0 bridgehead atoms. The number of carboxylic acid groups (broad SMARTS) is 1. The number of anilines is 2. The molecule has 5 rings (SSSR count). The molecular formula is C26H27F3N6O3. The number of hydrogen-bond donors (Lipinski definition) is 2. The van der Waals surface area contributed by atoms with E-state index in [0.29, 0.717) is 25.1 Å². The highest BCUT2D eigenvalue weighted by atomic mass is 19.4. The molecule has 2 atom stereocenters. The maximum absolute atomic E-state index is 14.1. The predicted octanol–water partition coefficient (Wildman–Crippen LogP) is 4.50. The molecule has 1 fully saturated rings.